The normalized spacial score (nSPS) is 9.57. The molecule has 0 aliphatic heterocycles. The highest BCUT2D eigenvalue weighted by Crippen LogP contribution is 2.01. The summed E-state index contributed by atoms with van der Waals surface area (Å²) in [6, 6.07) is 7.62. The summed E-state index contributed by atoms with van der Waals surface area (Å²) in [5.74, 6) is -3.17. The number of hydrogen-bond donors (Lipinski definition) is 1. The van der Waals surface area contributed by atoms with Crippen LogP contribution in [0, 0.1) is 11.9 Å². The third-order valence-corrected chi connectivity index (χ3v) is 2.43. The molecule has 122 valence electrons. The summed E-state index contributed by atoms with van der Waals surface area (Å²) in [4.78, 5) is 32.6. The molecule has 0 radical (unpaired) electrons. The first-order chi connectivity index (χ1) is 10.8. The molecule has 2 aromatic heterocycles. The van der Waals surface area contributed by atoms with E-state index in [2.05, 4.69) is 14.8 Å². The molecule has 2 aromatic rings. The molecule has 0 aliphatic rings. The minimum absolute atomic E-state index is 0.0179. The van der Waals surface area contributed by atoms with Gasteiger partial charge in [0.2, 0.25) is 11.9 Å². The molecule has 0 atom stereocenters. The predicted molar refractivity (Wildman–Crippen MR) is 74.5 cm³/mol. The number of amides is 1. The first kappa shape index (κ1) is 18.1. The molecule has 7 nitrogen and oxygen atoms in total. The van der Waals surface area contributed by atoms with Crippen molar-refractivity contribution < 1.29 is 28.3 Å². The number of carboxylic acid groups (broad SMARTS) is 1. The molecule has 0 aliphatic carbocycles. The van der Waals surface area contributed by atoms with Crippen molar-refractivity contribution in [1.82, 2.24) is 15.0 Å². The zero-order valence-electron chi connectivity index (χ0n) is 12.2. The number of aromatic nitrogens is 2. The molecule has 0 unspecified atom stereocenters. The van der Waals surface area contributed by atoms with Gasteiger partial charge in [-0.2, -0.15) is 8.78 Å². The van der Waals surface area contributed by atoms with Crippen molar-refractivity contribution >= 4 is 11.9 Å². The van der Waals surface area contributed by atoms with Crippen LogP contribution in [0.2, 0.25) is 0 Å². The zero-order chi connectivity index (χ0) is 17.4. The molecule has 0 spiro atoms. The molecule has 1 N–H and O–H groups in total. The zero-order valence-corrected chi connectivity index (χ0v) is 12.2. The van der Waals surface area contributed by atoms with Gasteiger partial charge >= 0.3 is 5.97 Å². The number of halogens is 2. The summed E-state index contributed by atoms with van der Waals surface area (Å²) in [7, 11) is 2.77. The van der Waals surface area contributed by atoms with Crippen LogP contribution in [0.5, 0.6) is 0 Å². The van der Waals surface area contributed by atoms with Crippen molar-refractivity contribution in [2.75, 3.05) is 14.2 Å². The van der Waals surface area contributed by atoms with Crippen LogP contribution in [0.1, 0.15) is 21.0 Å². The van der Waals surface area contributed by atoms with Crippen molar-refractivity contribution in [2.24, 2.45) is 0 Å². The van der Waals surface area contributed by atoms with Crippen molar-refractivity contribution in [1.29, 1.82) is 0 Å². The van der Waals surface area contributed by atoms with Crippen LogP contribution in [-0.2, 0) is 4.84 Å². The minimum atomic E-state index is -1.22. The lowest BCUT2D eigenvalue weighted by molar-refractivity contribution is -0.0761. The van der Waals surface area contributed by atoms with Gasteiger partial charge in [0.05, 0.1) is 7.11 Å². The van der Waals surface area contributed by atoms with E-state index in [-0.39, 0.29) is 11.4 Å². The van der Waals surface area contributed by atoms with Gasteiger partial charge in [-0.15, -0.1) is 0 Å². The van der Waals surface area contributed by atoms with Crippen LogP contribution in [0.15, 0.2) is 36.4 Å². The van der Waals surface area contributed by atoms with Crippen molar-refractivity contribution in [2.45, 2.75) is 0 Å². The van der Waals surface area contributed by atoms with Gasteiger partial charge in [0.15, 0.2) is 5.69 Å². The molecule has 9 heteroatoms. The van der Waals surface area contributed by atoms with Crippen LogP contribution in [0.25, 0.3) is 0 Å². The Labute approximate surface area is 130 Å². The molecule has 2 heterocycles. The lowest BCUT2D eigenvalue weighted by Gasteiger charge is -2.12. The average Bonchev–Trinajstić information content (AvgIpc) is 2.54. The van der Waals surface area contributed by atoms with Crippen molar-refractivity contribution in [3.8, 4) is 0 Å². The highest BCUT2D eigenvalue weighted by Gasteiger charge is 2.12. The maximum atomic E-state index is 12.6. The molecule has 0 fully saturated rings. The number of carboxylic acids is 1. The molecule has 0 bridgehead atoms. The Hall–Kier alpha value is -2.94. The fraction of sp³-hybridized carbons (Fsp3) is 0.143. The highest BCUT2D eigenvalue weighted by molar-refractivity contribution is 5.91. The van der Waals surface area contributed by atoms with Gasteiger partial charge in [0, 0.05) is 7.05 Å². The summed E-state index contributed by atoms with van der Waals surface area (Å²) in [6.45, 7) is 0. The second kappa shape index (κ2) is 8.49. The van der Waals surface area contributed by atoms with Gasteiger partial charge in [-0.1, -0.05) is 12.1 Å². The van der Waals surface area contributed by atoms with Gasteiger partial charge in [0.25, 0.3) is 5.91 Å². The fourth-order valence-corrected chi connectivity index (χ4v) is 1.30. The summed E-state index contributed by atoms with van der Waals surface area (Å²) in [6.07, 6.45) is 0. The Morgan fingerprint density at radius 2 is 1.52 bits per heavy atom. The van der Waals surface area contributed by atoms with E-state index in [9.17, 15) is 18.4 Å². The van der Waals surface area contributed by atoms with E-state index in [1.807, 2.05) is 0 Å². The van der Waals surface area contributed by atoms with Gasteiger partial charge in [-0.25, -0.2) is 19.8 Å². The largest absolute Gasteiger partial charge is 0.477 e. The Kier molecular flexibility index (Phi) is 6.68. The maximum Gasteiger partial charge on any atom is 0.354 e. The predicted octanol–water partition coefficient (Wildman–Crippen LogP) is 1.77. The lowest BCUT2D eigenvalue weighted by Crippen LogP contribution is -2.26. The number of aromatic carboxylic acids is 1. The van der Waals surface area contributed by atoms with E-state index in [4.69, 9.17) is 5.11 Å². The number of carbonyl (C=O) groups is 2. The van der Waals surface area contributed by atoms with Gasteiger partial charge < -0.3 is 5.11 Å². The Bertz CT molecular complexity index is 697. The topological polar surface area (TPSA) is 92.6 Å². The standard InChI is InChI=1S/C8H9FN2O2.C6H4FNO2/c1-11(13-2)8(12)6-4-3-5-7(9)10-6;7-5-3-1-2-4(8-5)6(9)10/h3-5H,1-2H3;1-3H,(H,9,10). The smallest absolute Gasteiger partial charge is 0.354 e. The van der Waals surface area contributed by atoms with E-state index in [0.29, 0.717) is 0 Å². The van der Waals surface area contributed by atoms with E-state index in [0.717, 1.165) is 11.1 Å². The van der Waals surface area contributed by atoms with Crippen LogP contribution >= 0.6 is 0 Å². The van der Waals surface area contributed by atoms with Crippen LogP contribution in [0.4, 0.5) is 8.78 Å². The summed E-state index contributed by atoms with van der Waals surface area (Å²) in [5.41, 5.74) is -0.260. The molecule has 1 amide bonds. The number of carbonyl (C=O) groups excluding carboxylic acids is 1. The van der Waals surface area contributed by atoms with E-state index in [1.165, 1.54) is 44.5 Å². The molecule has 0 saturated heterocycles. The minimum Gasteiger partial charge on any atom is -0.477 e. The molecule has 0 aromatic carbocycles. The quantitative estimate of drug-likeness (QED) is 0.683. The Balaban J connectivity index is 0.000000238. The lowest BCUT2D eigenvalue weighted by atomic mass is 10.3. The van der Waals surface area contributed by atoms with Gasteiger partial charge in [0.1, 0.15) is 5.69 Å². The second-order valence-corrected chi connectivity index (χ2v) is 3.98. The third-order valence-electron chi connectivity index (χ3n) is 2.43. The maximum absolute atomic E-state index is 12.6. The van der Waals surface area contributed by atoms with Crippen LogP contribution < -0.4 is 0 Å². The van der Waals surface area contributed by atoms with Crippen LogP contribution in [0.3, 0.4) is 0 Å². The number of nitrogens with zero attached hydrogens (tertiary/aromatic N) is 3. The van der Waals surface area contributed by atoms with E-state index in [1.54, 1.807) is 0 Å². The summed E-state index contributed by atoms with van der Waals surface area (Å²) >= 11 is 0. The number of pyridine rings is 2. The first-order valence-corrected chi connectivity index (χ1v) is 6.15. The Morgan fingerprint density at radius 1 is 1.04 bits per heavy atom. The molecular formula is C14H13F2N3O4. The molecular weight excluding hydrogens is 312 g/mol. The second-order valence-electron chi connectivity index (χ2n) is 3.98. The Morgan fingerprint density at radius 3 is 1.91 bits per heavy atom. The summed E-state index contributed by atoms with van der Waals surface area (Å²) in [5, 5.41) is 9.25. The van der Waals surface area contributed by atoms with Gasteiger partial charge in [-0.05, 0) is 24.3 Å². The molecule has 0 saturated carbocycles. The van der Waals surface area contributed by atoms with Crippen molar-refractivity contribution in [3.63, 3.8) is 0 Å². The molecule has 23 heavy (non-hydrogen) atoms. The van der Waals surface area contributed by atoms with Gasteiger partial charge in [-0.3, -0.25) is 9.63 Å². The van der Waals surface area contributed by atoms with Crippen LogP contribution in [-0.4, -0.2) is 46.2 Å². The fourth-order valence-electron chi connectivity index (χ4n) is 1.30. The highest BCUT2D eigenvalue weighted by atomic mass is 19.1. The average molecular weight is 325 g/mol. The third kappa shape index (κ3) is 5.75. The number of hydroxylamine groups is 2. The summed E-state index contributed by atoms with van der Waals surface area (Å²) < 4.78 is 24.7. The van der Waals surface area contributed by atoms with Crippen molar-refractivity contribution in [3.05, 3.63) is 59.7 Å². The first-order valence-electron chi connectivity index (χ1n) is 6.15. The SMILES string of the molecule is CON(C)C(=O)c1cccc(F)n1.O=C(O)c1cccc(F)n1. The van der Waals surface area contributed by atoms with E-state index >= 15 is 0 Å². The number of rotatable bonds is 3. The molecule has 2 rings (SSSR count). The number of hydrogen-bond acceptors (Lipinski definition) is 5. The van der Waals surface area contributed by atoms with E-state index < -0.39 is 23.8 Å². The monoisotopic (exact) mass is 325 g/mol.